The molecule has 0 fully saturated rings. The highest BCUT2D eigenvalue weighted by molar-refractivity contribution is 6.74. The van der Waals surface area contributed by atoms with E-state index < -0.39 is 11.8 Å². The molecule has 0 unspecified atom stereocenters. The lowest BCUT2D eigenvalue weighted by Crippen LogP contribution is -2.23. The molecular weight excluding hydrogens is 266 g/mol. The number of carbonyl (C=O) groups excluding carboxylic acids is 2. The van der Waals surface area contributed by atoms with Crippen LogP contribution < -0.4 is 9.47 Å². The maximum Gasteiger partial charge on any atom is 0.360 e. The topological polar surface area (TPSA) is 100.0 Å². The van der Waals surface area contributed by atoms with Crippen LogP contribution in [0.1, 0.15) is 5.82 Å². The van der Waals surface area contributed by atoms with Gasteiger partial charge in [-0.3, -0.25) is 4.79 Å². The van der Waals surface area contributed by atoms with Gasteiger partial charge in [-0.05, 0) is 0 Å². The molecule has 1 aromatic heterocycles. The van der Waals surface area contributed by atoms with Crippen LogP contribution in [0.25, 0.3) is 5.57 Å². The predicted octanol–water partition coefficient (Wildman–Crippen LogP) is 0.0314. The van der Waals surface area contributed by atoms with Crippen LogP contribution in [-0.4, -0.2) is 48.8 Å². The summed E-state index contributed by atoms with van der Waals surface area (Å²) in [5.41, 5.74) is -0.240. The van der Waals surface area contributed by atoms with Gasteiger partial charge in [0.05, 0.1) is 33.0 Å². The number of aliphatic imine (C=N–C) groups is 1. The van der Waals surface area contributed by atoms with Crippen LogP contribution in [0.5, 0.6) is 11.8 Å². The molecule has 0 bridgehead atoms. The van der Waals surface area contributed by atoms with E-state index in [1.54, 1.807) is 0 Å². The molecule has 0 aliphatic carbocycles. The fraction of sp³-hybridized carbons (Fsp3) is 0.250. The molecule has 0 N–H and O–H groups in total. The first kappa shape index (κ1) is 13.7. The van der Waals surface area contributed by atoms with Crippen molar-refractivity contribution in [2.75, 3.05) is 21.3 Å². The number of Topliss-reactive ketones (excluding diaryl/α,β-unsaturated/α-hetero) is 1. The van der Waals surface area contributed by atoms with Gasteiger partial charge in [0, 0.05) is 6.20 Å². The van der Waals surface area contributed by atoms with E-state index in [9.17, 15) is 9.59 Å². The Kier molecular flexibility index (Phi) is 3.74. The standard InChI is InChI=1S/C12H11N3O5/c1-18-7-4-8(19-2)15-11(14-7)6-5-13-9(10(6)16)12(17)20-3/h4-5H,1-3H3. The summed E-state index contributed by atoms with van der Waals surface area (Å²) in [4.78, 5) is 35.2. The number of nitrogens with zero attached hydrogens (tertiary/aromatic N) is 3. The minimum Gasteiger partial charge on any atom is -0.481 e. The van der Waals surface area contributed by atoms with Gasteiger partial charge >= 0.3 is 5.97 Å². The lowest BCUT2D eigenvalue weighted by atomic mass is 10.1. The number of methoxy groups -OCH3 is 3. The van der Waals surface area contributed by atoms with Crippen LogP contribution in [0.4, 0.5) is 0 Å². The average molecular weight is 277 g/mol. The zero-order chi connectivity index (χ0) is 14.7. The van der Waals surface area contributed by atoms with E-state index in [2.05, 4.69) is 19.7 Å². The molecule has 104 valence electrons. The highest BCUT2D eigenvalue weighted by atomic mass is 16.5. The molecule has 0 saturated heterocycles. The maximum absolute atomic E-state index is 12.0. The summed E-state index contributed by atoms with van der Waals surface area (Å²) in [6, 6.07) is 1.46. The van der Waals surface area contributed by atoms with Crippen molar-refractivity contribution in [2.24, 2.45) is 4.99 Å². The Morgan fingerprint density at radius 1 is 1.10 bits per heavy atom. The summed E-state index contributed by atoms with van der Waals surface area (Å²) in [7, 11) is 4.01. The van der Waals surface area contributed by atoms with Gasteiger partial charge in [0.15, 0.2) is 11.5 Å². The van der Waals surface area contributed by atoms with E-state index in [0.29, 0.717) is 0 Å². The van der Waals surface area contributed by atoms with Gasteiger partial charge in [-0.25, -0.2) is 9.79 Å². The molecule has 8 nitrogen and oxygen atoms in total. The lowest BCUT2D eigenvalue weighted by Gasteiger charge is -2.06. The van der Waals surface area contributed by atoms with E-state index in [4.69, 9.17) is 9.47 Å². The molecule has 0 radical (unpaired) electrons. The van der Waals surface area contributed by atoms with Crippen molar-refractivity contribution in [1.82, 2.24) is 9.97 Å². The van der Waals surface area contributed by atoms with Crippen molar-refractivity contribution in [3.63, 3.8) is 0 Å². The highest BCUT2D eigenvalue weighted by Gasteiger charge is 2.31. The number of hydrogen-bond acceptors (Lipinski definition) is 8. The van der Waals surface area contributed by atoms with E-state index in [1.165, 1.54) is 33.6 Å². The van der Waals surface area contributed by atoms with E-state index >= 15 is 0 Å². The fourth-order valence-corrected chi connectivity index (χ4v) is 1.51. The Morgan fingerprint density at radius 3 is 2.20 bits per heavy atom. The van der Waals surface area contributed by atoms with Crippen molar-refractivity contribution in [2.45, 2.75) is 0 Å². The minimum absolute atomic E-state index is 0.0638. The summed E-state index contributed by atoms with van der Waals surface area (Å²) in [6.07, 6.45) is 1.21. The Hall–Kier alpha value is -2.77. The van der Waals surface area contributed by atoms with Crippen molar-refractivity contribution in [3.8, 4) is 11.8 Å². The van der Waals surface area contributed by atoms with Crippen LogP contribution in [0.2, 0.25) is 0 Å². The van der Waals surface area contributed by atoms with E-state index in [0.717, 1.165) is 0 Å². The zero-order valence-corrected chi connectivity index (χ0v) is 11.0. The molecule has 0 atom stereocenters. The Balaban J connectivity index is 2.35. The van der Waals surface area contributed by atoms with Crippen molar-refractivity contribution in [1.29, 1.82) is 0 Å². The largest absolute Gasteiger partial charge is 0.481 e. The van der Waals surface area contributed by atoms with Crippen LogP contribution in [0.3, 0.4) is 0 Å². The predicted molar refractivity (Wildman–Crippen MR) is 67.6 cm³/mol. The molecule has 2 rings (SSSR count). The second kappa shape index (κ2) is 5.47. The molecule has 1 aliphatic rings. The molecule has 0 amide bonds. The molecule has 8 heteroatoms. The molecule has 20 heavy (non-hydrogen) atoms. The second-order valence-corrected chi connectivity index (χ2v) is 3.62. The second-order valence-electron chi connectivity index (χ2n) is 3.62. The van der Waals surface area contributed by atoms with Crippen molar-refractivity contribution in [3.05, 3.63) is 18.1 Å². The summed E-state index contributed by atoms with van der Waals surface area (Å²) in [5, 5.41) is 0. The first-order valence-electron chi connectivity index (χ1n) is 5.49. The van der Waals surface area contributed by atoms with Gasteiger partial charge in [-0.2, -0.15) is 9.97 Å². The zero-order valence-electron chi connectivity index (χ0n) is 11.0. The first-order valence-corrected chi connectivity index (χ1v) is 5.49. The number of ether oxygens (including phenoxy) is 3. The maximum atomic E-state index is 12.0. The SMILES string of the molecule is COC(=O)C1=NC=C(c2nc(OC)cc(OC)n2)C1=O. The quantitative estimate of drug-likeness (QED) is 0.716. The Bertz CT molecular complexity index is 614. The summed E-state index contributed by atoms with van der Waals surface area (Å²) < 4.78 is 14.4. The normalized spacial score (nSPS) is 13.7. The third kappa shape index (κ3) is 2.35. The molecular formula is C12H11N3O5. The summed E-state index contributed by atoms with van der Waals surface area (Å²) >= 11 is 0. The third-order valence-corrected chi connectivity index (χ3v) is 2.50. The lowest BCUT2D eigenvalue weighted by molar-refractivity contribution is -0.133. The van der Waals surface area contributed by atoms with E-state index in [-0.39, 0.29) is 28.9 Å². The number of allylic oxidation sites excluding steroid dienone is 1. The number of rotatable bonds is 4. The minimum atomic E-state index is -0.809. The van der Waals surface area contributed by atoms with Crippen molar-refractivity contribution < 1.29 is 23.8 Å². The molecule has 1 aliphatic heterocycles. The number of aromatic nitrogens is 2. The van der Waals surface area contributed by atoms with Gasteiger partial charge in [0.25, 0.3) is 0 Å². The van der Waals surface area contributed by atoms with Gasteiger partial charge in [0.2, 0.25) is 17.5 Å². The highest BCUT2D eigenvalue weighted by Crippen LogP contribution is 2.23. The smallest absolute Gasteiger partial charge is 0.360 e. The fourth-order valence-electron chi connectivity index (χ4n) is 1.51. The van der Waals surface area contributed by atoms with Gasteiger partial charge < -0.3 is 14.2 Å². The monoisotopic (exact) mass is 277 g/mol. The molecule has 2 heterocycles. The third-order valence-electron chi connectivity index (χ3n) is 2.50. The molecule has 0 saturated carbocycles. The molecule has 0 aromatic carbocycles. The first-order chi connectivity index (χ1) is 9.60. The van der Waals surface area contributed by atoms with Gasteiger partial charge in [-0.15, -0.1) is 0 Å². The van der Waals surface area contributed by atoms with Gasteiger partial charge in [0.1, 0.15) is 0 Å². The number of ketones is 1. The Labute approximate surface area is 114 Å². The number of hydrogen-bond donors (Lipinski definition) is 0. The van der Waals surface area contributed by atoms with Crippen LogP contribution in [-0.2, 0) is 14.3 Å². The summed E-state index contributed by atoms with van der Waals surface area (Å²) in [6.45, 7) is 0. The van der Waals surface area contributed by atoms with Crippen molar-refractivity contribution >= 4 is 23.0 Å². The number of carbonyl (C=O) groups is 2. The van der Waals surface area contributed by atoms with Crippen LogP contribution in [0, 0.1) is 0 Å². The van der Waals surface area contributed by atoms with Crippen LogP contribution in [0.15, 0.2) is 17.3 Å². The van der Waals surface area contributed by atoms with Gasteiger partial charge in [-0.1, -0.05) is 0 Å². The Morgan fingerprint density at radius 2 is 1.70 bits per heavy atom. The average Bonchev–Trinajstić information content (AvgIpc) is 2.87. The molecule has 0 spiro atoms. The summed E-state index contributed by atoms with van der Waals surface area (Å²) in [5.74, 6) is -0.892. The van der Waals surface area contributed by atoms with E-state index in [1.807, 2.05) is 0 Å². The molecule has 1 aromatic rings. The van der Waals surface area contributed by atoms with Crippen LogP contribution >= 0.6 is 0 Å². The number of esters is 1.